The Bertz CT molecular complexity index is 736. The molecule has 8 heteroatoms. The number of carbonyl (C=O) groups excluding carboxylic acids is 1. The third kappa shape index (κ3) is 2.05. The maximum Gasteiger partial charge on any atom is 0.353 e. The Kier molecular flexibility index (Phi) is 3.50. The van der Waals surface area contributed by atoms with Crippen molar-refractivity contribution in [2.24, 2.45) is 11.8 Å². The predicted octanol–water partition coefficient (Wildman–Crippen LogP) is 0.0447. The molecule has 1 aromatic rings. The number of amides is 1. The summed E-state index contributed by atoms with van der Waals surface area (Å²) in [4.78, 5) is 26.2. The number of aliphatic hydroxyl groups is 1. The van der Waals surface area contributed by atoms with E-state index in [0.29, 0.717) is 0 Å². The van der Waals surface area contributed by atoms with E-state index in [1.54, 1.807) is 18.7 Å². The monoisotopic (exact) mass is 350 g/mol. The number of thioether (sulfide) groups is 1. The van der Waals surface area contributed by atoms with Gasteiger partial charge in [0.2, 0.25) is 5.91 Å². The number of carboxylic acids is 1. The molecule has 0 spiro atoms. The molecular weight excluding hydrogens is 330 g/mol. The first-order valence-electron chi connectivity index (χ1n) is 8.10. The molecule has 0 radical (unpaired) electrons. The minimum atomic E-state index is -1.06. The van der Waals surface area contributed by atoms with Gasteiger partial charge in [-0.3, -0.25) is 4.79 Å². The molecule has 4 rings (SSSR count). The van der Waals surface area contributed by atoms with Crippen LogP contribution >= 0.6 is 11.8 Å². The van der Waals surface area contributed by atoms with E-state index in [2.05, 4.69) is 9.36 Å². The van der Waals surface area contributed by atoms with Gasteiger partial charge in [-0.2, -0.15) is 4.68 Å². The first kappa shape index (κ1) is 15.7. The smallest absolute Gasteiger partial charge is 0.353 e. The van der Waals surface area contributed by atoms with Crippen LogP contribution in [-0.2, 0) is 22.7 Å². The Labute approximate surface area is 143 Å². The molecule has 4 atom stereocenters. The van der Waals surface area contributed by atoms with Crippen molar-refractivity contribution in [2.75, 3.05) is 0 Å². The van der Waals surface area contributed by atoms with Crippen molar-refractivity contribution < 1.29 is 24.5 Å². The molecule has 0 aromatic carbocycles. The van der Waals surface area contributed by atoms with Crippen molar-refractivity contribution in [3.63, 3.8) is 0 Å². The van der Waals surface area contributed by atoms with E-state index in [-0.39, 0.29) is 28.8 Å². The summed E-state index contributed by atoms with van der Waals surface area (Å²) in [6, 6.07) is 1.75. The van der Waals surface area contributed by atoms with Crippen LogP contribution in [0.25, 0.3) is 0 Å². The molecule has 1 saturated heterocycles. The lowest BCUT2D eigenvalue weighted by Crippen LogP contribution is -2.63. The summed E-state index contributed by atoms with van der Waals surface area (Å²) in [5, 5.41) is 19.7. The normalized spacial score (nSPS) is 32.6. The minimum absolute atomic E-state index is 0.0663. The average molecular weight is 350 g/mol. The molecule has 4 unspecified atom stereocenters. The van der Waals surface area contributed by atoms with Gasteiger partial charge in [-0.1, -0.05) is 6.92 Å². The first-order valence-corrected chi connectivity index (χ1v) is 8.98. The van der Waals surface area contributed by atoms with Crippen molar-refractivity contribution in [3.05, 3.63) is 29.1 Å². The third-order valence-electron chi connectivity index (χ3n) is 5.23. The van der Waals surface area contributed by atoms with E-state index in [9.17, 15) is 19.8 Å². The van der Waals surface area contributed by atoms with Gasteiger partial charge in [-0.15, -0.1) is 16.4 Å². The van der Waals surface area contributed by atoms with E-state index < -0.39 is 18.0 Å². The van der Waals surface area contributed by atoms with Crippen molar-refractivity contribution >= 4 is 23.6 Å². The Morgan fingerprint density at radius 2 is 2.25 bits per heavy atom. The van der Waals surface area contributed by atoms with Gasteiger partial charge >= 0.3 is 5.97 Å². The van der Waals surface area contributed by atoms with Crippen LogP contribution in [0.3, 0.4) is 0 Å². The molecule has 3 aliphatic rings. The fourth-order valence-electron chi connectivity index (χ4n) is 4.15. The van der Waals surface area contributed by atoms with Crippen molar-refractivity contribution in [1.82, 2.24) is 9.58 Å². The molecule has 3 aliphatic heterocycles. The highest BCUT2D eigenvalue weighted by Crippen LogP contribution is 2.51. The van der Waals surface area contributed by atoms with Gasteiger partial charge in [-0.25, -0.2) is 4.79 Å². The largest absolute Gasteiger partial charge is 0.477 e. The van der Waals surface area contributed by atoms with Gasteiger partial charge in [0, 0.05) is 16.9 Å². The van der Waals surface area contributed by atoms with Gasteiger partial charge in [0.1, 0.15) is 5.70 Å². The van der Waals surface area contributed by atoms with Crippen LogP contribution in [-0.4, -0.2) is 49.1 Å². The zero-order valence-corrected chi connectivity index (χ0v) is 14.3. The number of carbonyl (C=O) groups is 2. The second-order valence-corrected chi connectivity index (χ2v) is 8.09. The molecule has 0 bridgehead atoms. The average Bonchev–Trinajstić information content (AvgIpc) is 3.12. The first-order chi connectivity index (χ1) is 11.4. The van der Waals surface area contributed by atoms with Crippen molar-refractivity contribution in [3.8, 4) is 0 Å². The van der Waals surface area contributed by atoms with E-state index >= 15 is 0 Å². The number of aliphatic carboxylic acids is 1. The Hall–Kier alpha value is -1.80. The number of carboxylic acid groups (broad SMARTS) is 1. The number of rotatable bonds is 4. The number of fused-ring (bicyclic) bond motifs is 2. The van der Waals surface area contributed by atoms with E-state index in [4.69, 9.17) is 0 Å². The molecule has 4 heterocycles. The minimum Gasteiger partial charge on any atom is -0.477 e. The standard InChI is InChI=1S/C16H19N3O4S/c1-8-12-11(9(2)20)15(21)19(12)13(16(22)23)14(8)24-10-6-17-4-3-5-18(17)7-10/h3-5,8-12,20H,6-7H2,1-2H3/p+1. The van der Waals surface area contributed by atoms with Gasteiger partial charge < -0.3 is 15.1 Å². The maximum absolute atomic E-state index is 12.3. The lowest BCUT2D eigenvalue weighted by atomic mass is 9.79. The SMILES string of the molecule is CC(O)C1C(=O)N2C(C(=O)O)=C(SC3Cn4ccc[n+]4C3)C(C)C12. The van der Waals surface area contributed by atoms with Crippen molar-refractivity contribution in [2.45, 2.75) is 44.3 Å². The Balaban J connectivity index is 1.61. The summed E-state index contributed by atoms with van der Waals surface area (Å²) in [6.07, 6.45) is 3.25. The molecular formula is C16H20N3O4S+. The van der Waals surface area contributed by atoms with Crippen molar-refractivity contribution in [1.29, 1.82) is 0 Å². The fraction of sp³-hybridized carbons (Fsp3) is 0.562. The lowest BCUT2D eigenvalue weighted by Gasteiger charge is -2.46. The van der Waals surface area contributed by atoms with Crippen LogP contribution in [0.15, 0.2) is 29.1 Å². The zero-order chi connectivity index (χ0) is 17.2. The number of hydrogen-bond acceptors (Lipinski definition) is 4. The van der Waals surface area contributed by atoms with Crippen LogP contribution in [0, 0.1) is 11.8 Å². The second-order valence-electron chi connectivity index (χ2n) is 6.75. The summed E-state index contributed by atoms with van der Waals surface area (Å²) in [7, 11) is 0. The van der Waals surface area contributed by atoms with E-state index in [0.717, 1.165) is 18.0 Å². The van der Waals surface area contributed by atoms with Crippen LogP contribution in [0.1, 0.15) is 13.8 Å². The van der Waals surface area contributed by atoms with Crippen LogP contribution in [0.5, 0.6) is 0 Å². The molecule has 7 nitrogen and oxygen atoms in total. The number of hydrogen-bond donors (Lipinski definition) is 2. The maximum atomic E-state index is 12.3. The second kappa shape index (κ2) is 5.35. The summed E-state index contributed by atoms with van der Waals surface area (Å²) in [5.41, 5.74) is 0.112. The quantitative estimate of drug-likeness (QED) is 0.592. The Morgan fingerprint density at radius 3 is 2.88 bits per heavy atom. The molecule has 1 aromatic heterocycles. The van der Waals surface area contributed by atoms with Crippen LogP contribution < -0.4 is 4.68 Å². The topological polar surface area (TPSA) is 86.7 Å². The highest BCUT2D eigenvalue weighted by molar-refractivity contribution is 8.03. The number of β-lactam (4-membered cyclic amide) rings is 1. The van der Waals surface area contributed by atoms with E-state index in [1.807, 2.05) is 25.4 Å². The zero-order valence-electron chi connectivity index (χ0n) is 13.5. The summed E-state index contributed by atoms with van der Waals surface area (Å²) in [6.45, 7) is 5.19. The molecule has 1 amide bonds. The number of aliphatic hydroxyl groups excluding tert-OH is 1. The summed E-state index contributed by atoms with van der Waals surface area (Å²) >= 11 is 1.57. The molecule has 1 fully saturated rings. The molecule has 0 saturated carbocycles. The molecule has 24 heavy (non-hydrogen) atoms. The summed E-state index contributed by atoms with van der Waals surface area (Å²) < 4.78 is 4.22. The number of aromatic nitrogens is 2. The lowest BCUT2D eigenvalue weighted by molar-refractivity contribution is -0.757. The highest BCUT2D eigenvalue weighted by Gasteiger charge is 2.60. The van der Waals surface area contributed by atoms with Gasteiger partial charge in [0.15, 0.2) is 12.7 Å². The Morgan fingerprint density at radius 1 is 1.50 bits per heavy atom. The predicted molar refractivity (Wildman–Crippen MR) is 85.6 cm³/mol. The molecule has 128 valence electrons. The van der Waals surface area contributed by atoms with Crippen LogP contribution in [0.4, 0.5) is 0 Å². The van der Waals surface area contributed by atoms with Gasteiger partial charge in [-0.05, 0) is 6.92 Å². The van der Waals surface area contributed by atoms with Crippen LogP contribution in [0.2, 0.25) is 0 Å². The molecule has 0 aliphatic carbocycles. The van der Waals surface area contributed by atoms with Gasteiger partial charge in [0.25, 0.3) is 0 Å². The number of nitrogens with zero attached hydrogens (tertiary/aromatic N) is 3. The highest BCUT2D eigenvalue weighted by atomic mass is 32.2. The van der Waals surface area contributed by atoms with Gasteiger partial charge in [0.05, 0.1) is 36.1 Å². The molecule has 2 N–H and O–H groups in total. The van der Waals surface area contributed by atoms with E-state index in [1.165, 1.54) is 4.90 Å². The summed E-state index contributed by atoms with van der Waals surface area (Å²) in [5.74, 6) is -1.90. The third-order valence-corrected chi connectivity index (χ3v) is 6.68. The fourth-order valence-corrected chi connectivity index (χ4v) is 5.61.